The molecular weight excluding hydrogens is 368 g/mol. The molecule has 0 radical (unpaired) electrons. The number of carbonyl (C=O) groups excluding carboxylic acids is 1. The van der Waals surface area contributed by atoms with Gasteiger partial charge in [0.05, 0.1) is 17.3 Å². The van der Waals surface area contributed by atoms with E-state index in [1.54, 1.807) is 6.26 Å². The van der Waals surface area contributed by atoms with E-state index < -0.39 is 0 Å². The van der Waals surface area contributed by atoms with Gasteiger partial charge in [-0.25, -0.2) is 0 Å². The van der Waals surface area contributed by atoms with Crippen molar-refractivity contribution in [3.8, 4) is 0 Å². The molecule has 1 aliphatic rings. The Morgan fingerprint density at radius 3 is 2.88 bits per heavy atom. The lowest BCUT2D eigenvalue weighted by molar-refractivity contribution is 0.0938. The third kappa shape index (κ3) is 3.39. The van der Waals surface area contributed by atoms with Crippen molar-refractivity contribution in [2.24, 2.45) is 0 Å². The molecule has 1 atom stereocenters. The summed E-state index contributed by atoms with van der Waals surface area (Å²) in [5, 5.41) is 4.55. The number of rotatable bonds is 5. The fraction of sp³-hybridized carbons (Fsp3) is 0.350. The Hall–Kier alpha value is -1.82. The van der Waals surface area contributed by atoms with Gasteiger partial charge in [-0.15, -0.1) is 11.3 Å². The first-order valence-electron chi connectivity index (χ1n) is 8.88. The van der Waals surface area contributed by atoms with Gasteiger partial charge >= 0.3 is 0 Å². The zero-order valence-electron chi connectivity index (χ0n) is 14.6. The zero-order chi connectivity index (χ0) is 18.1. The number of furan rings is 1. The summed E-state index contributed by atoms with van der Waals surface area (Å²) >= 11 is 7.91. The highest BCUT2D eigenvalue weighted by molar-refractivity contribution is 7.21. The molecule has 1 amide bonds. The number of thiophene rings is 1. The van der Waals surface area contributed by atoms with Crippen LogP contribution in [0.3, 0.4) is 0 Å². The minimum absolute atomic E-state index is 0.0619. The van der Waals surface area contributed by atoms with Crippen molar-refractivity contribution in [3.05, 3.63) is 57.8 Å². The molecule has 2 aromatic heterocycles. The highest BCUT2D eigenvalue weighted by Crippen LogP contribution is 2.36. The lowest BCUT2D eigenvalue weighted by atomic mass is 10.2. The van der Waals surface area contributed by atoms with E-state index in [0.29, 0.717) is 16.4 Å². The molecule has 4 rings (SSSR count). The maximum Gasteiger partial charge on any atom is 0.263 e. The van der Waals surface area contributed by atoms with Gasteiger partial charge in [-0.2, -0.15) is 0 Å². The highest BCUT2D eigenvalue weighted by atomic mass is 35.5. The zero-order valence-corrected chi connectivity index (χ0v) is 16.2. The van der Waals surface area contributed by atoms with E-state index in [1.807, 2.05) is 31.2 Å². The van der Waals surface area contributed by atoms with Crippen molar-refractivity contribution in [2.45, 2.75) is 25.8 Å². The number of aryl methyl sites for hydroxylation is 1. The number of benzene rings is 1. The fourth-order valence-electron chi connectivity index (χ4n) is 3.53. The molecule has 4 nitrogen and oxygen atoms in total. The van der Waals surface area contributed by atoms with Crippen molar-refractivity contribution in [3.63, 3.8) is 0 Å². The van der Waals surface area contributed by atoms with Crippen LogP contribution < -0.4 is 5.32 Å². The van der Waals surface area contributed by atoms with Crippen LogP contribution in [0.1, 0.15) is 39.9 Å². The summed E-state index contributed by atoms with van der Waals surface area (Å²) in [6, 6.07) is 10.00. The monoisotopic (exact) mass is 388 g/mol. The van der Waals surface area contributed by atoms with Crippen LogP contribution in [0.25, 0.3) is 10.1 Å². The topological polar surface area (TPSA) is 45.5 Å². The average molecular weight is 389 g/mol. The maximum absolute atomic E-state index is 12.8. The SMILES string of the molecule is Cc1ccc2c(Cl)c(C(=O)NC[C@H](c3ccco3)N3CCCC3)sc2c1. The van der Waals surface area contributed by atoms with Gasteiger partial charge in [-0.1, -0.05) is 23.7 Å². The molecule has 1 fully saturated rings. The lowest BCUT2D eigenvalue weighted by Gasteiger charge is -2.25. The predicted octanol–water partition coefficient (Wildman–Crippen LogP) is 5.02. The molecule has 1 N–H and O–H groups in total. The molecule has 6 heteroatoms. The largest absolute Gasteiger partial charge is 0.468 e. The molecule has 1 aliphatic heterocycles. The number of hydrogen-bond acceptors (Lipinski definition) is 4. The molecule has 0 saturated carbocycles. The average Bonchev–Trinajstić information content (AvgIpc) is 3.37. The standard InChI is InChI=1S/C20H21ClN2O2S/c1-13-6-7-14-17(11-13)26-19(18(14)21)20(24)22-12-15(16-5-4-10-25-16)23-8-2-3-9-23/h4-7,10-11,15H,2-3,8-9,12H2,1H3,(H,22,24)/t15-/m1/s1. The molecule has 0 bridgehead atoms. The number of likely N-dealkylation sites (tertiary alicyclic amines) is 1. The van der Waals surface area contributed by atoms with E-state index in [4.69, 9.17) is 16.0 Å². The summed E-state index contributed by atoms with van der Waals surface area (Å²) < 4.78 is 6.66. The smallest absolute Gasteiger partial charge is 0.263 e. The Bertz CT molecular complexity index is 913. The third-order valence-electron chi connectivity index (χ3n) is 4.90. The maximum atomic E-state index is 12.8. The van der Waals surface area contributed by atoms with E-state index in [-0.39, 0.29) is 11.9 Å². The molecule has 0 spiro atoms. The first kappa shape index (κ1) is 17.6. The Morgan fingerprint density at radius 1 is 1.35 bits per heavy atom. The quantitative estimate of drug-likeness (QED) is 0.667. The molecule has 3 aromatic rings. The molecule has 26 heavy (non-hydrogen) atoms. The second-order valence-electron chi connectivity index (χ2n) is 6.73. The molecule has 1 saturated heterocycles. The molecular formula is C20H21ClN2O2S. The Labute approximate surface area is 161 Å². The summed E-state index contributed by atoms with van der Waals surface area (Å²) in [5.41, 5.74) is 1.16. The van der Waals surface area contributed by atoms with E-state index in [9.17, 15) is 4.79 Å². The van der Waals surface area contributed by atoms with Gasteiger partial charge in [0.2, 0.25) is 0 Å². The number of nitrogens with one attached hydrogen (secondary N) is 1. The Kier molecular flexibility index (Phi) is 5.02. The number of amides is 1. The van der Waals surface area contributed by atoms with Crippen molar-refractivity contribution < 1.29 is 9.21 Å². The predicted molar refractivity (Wildman–Crippen MR) is 106 cm³/mol. The number of halogens is 1. The minimum atomic E-state index is -0.121. The summed E-state index contributed by atoms with van der Waals surface area (Å²) in [5.74, 6) is 0.773. The minimum Gasteiger partial charge on any atom is -0.468 e. The summed E-state index contributed by atoms with van der Waals surface area (Å²) in [4.78, 5) is 15.7. The van der Waals surface area contributed by atoms with E-state index in [0.717, 1.165) is 34.5 Å². The van der Waals surface area contributed by atoms with E-state index in [2.05, 4.69) is 16.3 Å². The van der Waals surface area contributed by atoms with Gasteiger partial charge in [-0.3, -0.25) is 9.69 Å². The summed E-state index contributed by atoms with van der Waals surface area (Å²) in [6.07, 6.45) is 4.06. The molecule has 1 aromatic carbocycles. The normalized spacial score (nSPS) is 16.2. The molecule has 3 heterocycles. The molecule has 0 aliphatic carbocycles. The first-order valence-corrected chi connectivity index (χ1v) is 10.1. The highest BCUT2D eigenvalue weighted by Gasteiger charge is 2.27. The first-order chi connectivity index (χ1) is 12.6. The van der Waals surface area contributed by atoms with E-state index >= 15 is 0 Å². The second-order valence-corrected chi connectivity index (χ2v) is 8.16. The molecule has 0 unspecified atom stereocenters. The van der Waals surface area contributed by atoms with Crippen molar-refractivity contribution in [1.29, 1.82) is 0 Å². The van der Waals surface area contributed by atoms with Crippen LogP contribution in [0.2, 0.25) is 5.02 Å². The van der Waals surface area contributed by atoms with Crippen molar-refractivity contribution in [1.82, 2.24) is 10.2 Å². The van der Waals surface area contributed by atoms with Crippen molar-refractivity contribution >= 4 is 38.9 Å². The van der Waals surface area contributed by atoms with Gasteiger partial charge in [-0.05, 0) is 56.6 Å². The van der Waals surface area contributed by atoms with E-state index in [1.165, 1.54) is 24.2 Å². The van der Waals surface area contributed by atoms with Crippen LogP contribution in [0.4, 0.5) is 0 Å². The second kappa shape index (κ2) is 7.43. The van der Waals surface area contributed by atoms with Gasteiger partial charge < -0.3 is 9.73 Å². The van der Waals surface area contributed by atoms with Crippen LogP contribution in [0.15, 0.2) is 41.0 Å². The van der Waals surface area contributed by atoms with Crippen LogP contribution in [0, 0.1) is 6.92 Å². The molecule has 136 valence electrons. The van der Waals surface area contributed by atoms with Crippen LogP contribution in [0.5, 0.6) is 0 Å². The number of nitrogens with zero attached hydrogens (tertiary/aromatic N) is 1. The lowest BCUT2D eigenvalue weighted by Crippen LogP contribution is -2.36. The third-order valence-corrected chi connectivity index (χ3v) is 6.56. The summed E-state index contributed by atoms with van der Waals surface area (Å²) in [7, 11) is 0. The number of hydrogen-bond donors (Lipinski definition) is 1. The number of fused-ring (bicyclic) bond motifs is 1. The van der Waals surface area contributed by atoms with Crippen molar-refractivity contribution in [2.75, 3.05) is 19.6 Å². The van der Waals surface area contributed by atoms with Crippen LogP contribution in [-0.2, 0) is 0 Å². The Balaban J connectivity index is 1.53. The van der Waals surface area contributed by atoms with Gasteiger partial charge in [0.15, 0.2) is 0 Å². The fourth-order valence-corrected chi connectivity index (χ4v) is 5.06. The number of carbonyl (C=O) groups is 1. The Morgan fingerprint density at radius 2 is 2.15 bits per heavy atom. The van der Waals surface area contributed by atoms with Gasteiger partial charge in [0, 0.05) is 16.6 Å². The van der Waals surface area contributed by atoms with Gasteiger partial charge in [0.1, 0.15) is 10.6 Å². The van der Waals surface area contributed by atoms with Gasteiger partial charge in [0.25, 0.3) is 5.91 Å². The van der Waals surface area contributed by atoms with Crippen LogP contribution in [-0.4, -0.2) is 30.4 Å². The van der Waals surface area contributed by atoms with Crippen LogP contribution >= 0.6 is 22.9 Å². The summed E-state index contributed by atoms with van der Waals surface area (Å²) in [6.45, 7) is 4.61.